The zero-order chi connectivity index (χ0) is 14.4. The van der Waals surface area contributed by atoms with Crippen molar-refractivity contribution in [2.45, 2.75) is 58.4 Å². The van der Waals surface area contributed by atoms with Gasteiger partial charge in [-0.2, -0.15) is 0 Å². The van der Waals surface area contributed by atoms with Gasteiger partial charge in [0.15, 0.2) is 0 Å². The first-order chi connectivity index (χ1) is 9.70. The van der Waals surface area contributed by atoms with Crippen LogP contribution < -0.4 is 10.2 Å². The van der Waals surface area contributed by atoms with E-state index in [2.05, 4.69) is 36.2 Å². The monoisotopic (exact) mass is 275 g/mol. The first kappa shape index (κ1) is 15.3. The average Bonchev–Trinajstić information content (AvgIpc) is 2.38. The summed E-state index contributed by atoms with van der Waals surface area (Å²) in [5.74, 6) is 1.67. The van der Waals surface area contributed by atoms with Crippen LogP contribution in [0.1, 0.15) is 63.1 Å². The summed E-state index contributed by atoms with van der Waals surface area (Å²) in [5, 5.41) is 3.26. The van der Waals surface area contributed by atoms with Crippen LogP contribution in [0.5, 0.6) is 0 Å². The molecule has 0 aliphatic carbocycles. The van der Waals surface area contributed by atoms with Crippen molar-refractivity contribution in [3.05, 3.63) is 23.4 Å². The number of hydrogen-bond acceptors (Lipinski definition) is 3. The highest BCUT2D eigenvalue weighted by Crippen LogP contribution is 2.22. The van der Waals surface area contributed by atoms with E-state index in [9.17, 15) is 0 Å². The van der Waals surface area contributed by atoms with E-state index in [4.69, 9.17) is 4.98 Å². The molecule has 0 bridgehead atoms. The second-order valence-corrected chi connectivity index (χ2v) is 6.20. The largest absolute Gasteiger partial charge is 0.357 e. The zero-order valence-corrected chi connectivity index (χ0v) is 13.3. The molecule has 1 aromatic heterocycles. The summed E-state index contributed by atoms with van der Waals surface area (Å²) in [7, 11) is 2.01. The molecule has 1 aliphatic rings. The van der Waals surface area contributed by atoms with Gasteiger partial charge in [-0.25, -0.2) is 4.98 Å². The van der Waals surface area contributed by atoms with Gasteiger partial charge in [0.25, 0.3) is 0 Å². The van der Waals surface area contributed by atoms with Crippen molar-refractivity contribution in [3.63, 3.8) is 0 Å². The minimum Gasteiger partial charge on any atom is -0.357 e. The summed E-state index contributed by atoms with van der Waals surface area (Å²) < 4.78 is 0. The Kier molecular flexibility index (Phi) is 5.84. The molecule has 20 heavy (non-hydrogen) atoms. The molecule has 0 spiro atoms. The smallest absolute Gasteiger partial charge is 0.129 e. The Morgan fingerprint density at radius 1 is 1.10 bits per heavy atom. The van der Waals surface area contributed by atoms with E-state index in [-0.39, 0.29) is 0 Å². The van der Waals surface area contributed by atoms with E-state index in [0.717, 1.165) is 19.6 Å². The number of nitrogens with zero attached hydrogens (tertiary/aromatic N) is 2. The lowest BCUT2D eigenvalue weighted by atomic mass is 10.1. The topological polar surface area (TPSA) is 28.2 Å². The second-order valence-electron chi connectivity index (χ2n) is 6.20. The van der Waals surface area contributed by atoms with Gasteiger partial charge in [-0.15, -0.1) is 0 Å². The van der Waals surface area contributed by atoms with Crippen LogP contribution >= 0.6 is 0 Å². The summed E-state index contributed by atoms with van der Waals surface area (Å²) >= 11 is 0. The van der Waals surface area contributed by atoms with Crippen LogP contribution in [0, 0.1) is 0 Å². The Labute approximate surface area is 123 Å². The first-order valence-electron chi connectivity index (χ1n) is 8.11. The molecule has 0 amide bonds. The number of pyridine rings is 1. The first-order valence-corrected chi connectivity index (χ1v) is 8.11. The molecule has 0 unspecified atom stereocenters. The van der Waals surface area contributed by atoms with Gasteiger partial charge >= 0.3 is 0 Å². The maximum absolute atomic E-state index is 4.91. The molecule has 3 heteroatoms. The van der Waals surface area contributed by atoms with Gasteiger partial charge in [-0.1, -0.05) is 33.1 Å². The third-order valence-corrected chi connectivity index (χ3v) is 4.04. The van der Waals surface area contributed by atoms with Crippen LogP contribution in [0.3, 0.4) is 0 Å². The van der Waals surface area contributed by atoms with Crippen molar-refractivity contribution in [1.29, 1.82) is 0 Å². The van der Waals surface area contributed by atoms with Gasteiger partial charge in [-0.3, -0.25) is 0 Å². The molecule has 0 atom stereocenters. The van der Waals surface area contributed by atoms with E-state index in [0.29, 0.717) is 5.92 Å². The summed E-state index contributed by atoms with van der Waals surface area (Å²) in [6.45, 7) is 7.69. The lowest BCUT2D eigenvalue weighted by Gasteiger charge is -2.27. The lowest BCUT2D eigenvalue weighted by Crippen LogP contribution is -2.28. The molecule has 0 saturated carbocycles. The number of hydrogen-bond donors (Lipinski definition) is 1. The van der Waals surface area contributed by atoms with Crippen LogP contribution in [-0.4, -0.2) is 25.1 Å². The van der Waals surface area contributed by atoms with Crippen molar-refractivity contribution in [2.24, 2.45) is 0 Å². The average molecular weight is 275 g/mol. The molecule has 0 radical (unpaired) electrons. The van der Waals surface area contributed by atoms with Gasteiger partial charge in [0, 0.05) is 25.3 Å². The fourth-order valence-corrected chi connectivity index (χ4v) is 2.83. The third kappa shape index (κ3) is 4.20. The van der Waals surface area contributed by atoms with Crippen LogP contribution in [-0.2, 0) is 6.54 Å². The fraction of sp³-hybridized carbons (Fsp3) is 0.706. The van der Waals surface area contributed by atoms with Crippen molar-refractivity contribution in [2.75, 3.05) is 25.0 Å². The number of aromatic nitrogens is 1. The molecule has 1 saturated heterocycles. The molecular weight excluding hydrogens is 246 g/mol. The van der Waals surface area contributed by atoms with E-state index < -0.39 is 0 Å². The van der Waals surface area contributed by atoms with Crippen LogP contribution in [0.15, 0.2) is 12.1 Å². The van der Waals surface area contributed by atoms with E-state index in [1.165, 1.54) is 49.2 Å². The molecule has 2 heterocycles. The van der Waals surface area contributed by atoms with Crippen molar-refractivity contribution >= 4 is 5.82 Å². The summed E-state index contributed by atoms with van der Waals surface area (Å²) in [4.78, 5) is 7.40. The van der Waals surface area contributed by atoms with Crippen LogP contribution in [0.4, 0.5) is 5.82 Å². The second kappa shape index (κ2) is 7.63. The third-order valence-electron chi connectivity index (χ3n) is 4.04. The summed E-state index contributed by atoms with van der Waals surface area (Å²) in [5.41, 5.74) is 2.57. The van der Waals surface area contributed by atoms with Gasteiger partial charge < -0.3 is 10.2 Å². The quantitative estimate of drug-likeness (QED) is 0.908. The normalized spacial score (nSPS) is 17.1. The highest BCUT2D eigenvalue weighted by atomic mass is 15.2. The Balaban J connectivity index is 2.23. The molecule has 0 aromatic carbocycles. The SMILES string of the molecule is CNCc1cc(C(C)C)nc(N2CCCCCCC2)c1. The minimum atomic E-state index is 0.486. The number of rotatable bonds is 4. The lowest BCUT2D eigenvalue weighted by molar-refractivity contribution is 0.553. The van der Waals surface area contributed by atoms with E-state index in [1.54, 1.807) is 0 Å². The predicted octanol–water partition coefficient (Wildman–Crippen LogP) is 3.69. The van der Waals surface area contributed by atoms with Crippen LogP contribution in [0.2, 0.25) is 0 Å². The highest BCUT2D eigenvalue weighted by molar-refractivity contribution is 5.43. The number of nitrogens with one attached hydrogen (secondary N) is 1. The van der Waals surface area contributed by atoms with Gasteiger partial charge in [0.2, 0.25) is 0 Å². The maximum atomic E-state index is 4.91. The summed E-state index contributed by atoms with van der Waals surface area (Å²) in [6.07, 6.45) is 6.73. The number of anilines is 1. The van der Waals surface area contributed by atoms with Crippen LogP contribution in [0.25, 0.3) is 0 Å². The Morgan fingerprint density at radius 2 is 1.75 bits per heavy atom. The Hall–Kier alpha value is -1.09. The molecular formula is C17H29N3. The fourth-order valence-electron chi connectivity index (χ4n) is 2.83. The molecule has 2 rings (SSSR count). The molecule has 1 aromatic rings. The molecule has 1 fully saturated rings. The zero-order valence-electron chi connectivity index (χ0n) is 13.3. The van der Waals surface area contributed by atoms with Gasteiger partial charge in [0.1, 0.15) is 5.82 Å². The van der Waals surface area contributed by atoms with Crippen molar-refractivity contribution in [1.82, 2.24) is 10.3 Å². The molecule has 1 N–H and O–H groups in total. The van der Waals surface area contributed by atoms with E-state index >= 15 is 0 Å². The van der Waals surface area contributed by atoms with Gasteiger partial charge in [0.05, 0.1) is 0 Å². The predicted molar refractivity (Wildman–Crippen MR) is 86.4 cm³/mol. The van der Waals surface area contributed by atoms with Crippen molar-refractivity contribution in [3.8, 4) is 0 Å². The Bertz CT molecular complexity index is 407. The van der Waals surface area contributed by atoms with E-state index in [1.807, 2.05) is 7.05 Å². The highest BCUT2D eigenvalue weighted by Gasteiger charge is 2.13. The Morgan fingerprint density at radius 3 is 2.35 bits per heavy atom. The standard InChI is InChI=1S/C17H29N3/c1-14(2)16-11-15(13-18-3)12-17(19-16)20-9-7-5-4-6-8-10-20/h11-12,14,18H,4-10,13H2,1-3H3. The minimum absolute atomic E-state index is 0.486. The maximum Gasteiger partial charge on any atom is 0.129 e. The summed E-state index contributed by atoms with van der Waals surface area (Å²) in [6, 6.07) is 4.51. The molecule has 112 valence electrons. The van der Waals surface area contributed by atoms with Gasteiger partial charge in [-0.05, 0) is 43.5 Å². The molecule has 3 nitrogen and oxygen atoms in total. The van der Waals surface area contributed by atoms with Crippen molar-refractivity contribution < 1.29 is 0 Å². The molecule has 1 aliphatic heterocycles.